The summed E-state index contributed by atoms with van der Waals surface area (Å²) in [6.07, 6.45) is 10.1. The first-order valence-electron chi connectivity index (χ1n) is 9.26. The van der Waals surface area contributed by atoms with Gasteiger partial charge in [-0.2, -0.15) is 0 Å². The molecule has 0 aliphatic heterocycles. The van der Waals surface area contributed by atoms with Crippen LogP contribution in [-0.2, 0) is 11.2 Å². The Kier molecular flexibility index (Phi) is 5.48. The predicted molar refractivity (Wildman–Crippen MR) is 95.9 cm³/mol. The van der Waals surface area contributed by atoms with E-state index in [0.717, 1.165) is 42.7 Å². The maximum absolute atomic E-state index is 12.1. The zero-order chi connectivity index (χ0) is 16.9. The second kappa shape index (κ2) is 7.77. The Hall–Kier alpha value is -1.91. The van der Waals surface area contributed by atoms with E-state index in [4.69, 9.17) is 4.98 Å². The second-order valence-corrected chi connectivity index (χ2v) is 7.09. The van der Waals surface area contributed by atoms with E-state index in [1.54, 1.807) is 0 Å². The van der Waals surface area contributed by atoms with E-state index in [2.05, 4.69) is 28.7 Å². The molecule has 0 radical (unpaired) electrons. The van der Waals surface area contributed by atoms with E-state index < -0.39 is 0 Å². The van der Waals surface area contributed by atoms with E-state index in [9.17, 15) is 4.79 Å². The van der Waals surface area contributed by atoms with E-state index >= 15 is 0 Å². The third kappa shape index (κ3) is 3.94. The van der Waals surface area contributed by atoms with Crippen LogP contribution in [0.15, 0.2) is 18.3 Å². The highest BCUT2D eigenvalue weighted by Gasteiger charge is 2.17. The number of nitrogens with one attached hydrogen (secondary N) is 1. The van der Waals surface area contributed by atoms with Gasteiger partial charge in [-0.3, -0.25) is 4.79 Å². The molecular formula is C19H28N4O. The minimum absolute atomic E-state index is 0.187. The van der Waals surface area contributed by atoms with Crippen LogP contribution < -0.4 is 5.32 Å². The zero-order valence-corrected chi connectivity index (χ0v) is 14.8. The van der Waals surface area contributed by atoms with E-state index in [1.165, 1.54) is 19.3 Å². The lowest BCUT2D eigenvalue weighted by Gasteiger charge is -2.22. The summed E-state index contributed by atoms with van der Waals surface area (Å²) in [5.41, 5.74) is 1.88. The van der Waals surface area contributed by atoms with Gasteiger partial charge < -0.3 is 9.88 Å². The largest absolute Gasteiger partial charge is 0.353 e. The fourth-order valence-corrected chi connectivity index (χ4v) is 3.65. The first kappa shape index (κ1) is 16.9. The Balaban J connectivity index is 1.57. The zero-order valence-electron chi connectivity index (χ0n) is 14.8. The van der Waals surface area contributed by atoms with Crippen molar-refractivity contribution in [2.24, 2.45) is 0 Å². The molecule has 0 aromatic carbocycles. The molecule has 130 valence electrons. The molecule has 5 nitrogen and oxygen atoms in total. The van der Waals surface area contributed by atoms with E-state index in [1.807, 2.05) is 18.3 Å². The number of imidazole rings is 1. The molecule has 0 atom stereocenters. The second-order valence-electron chi connectivity index (χ2n) is 7.09. The number of fused-ring (bicyclic) bond motifs is 1. The molecule has 1 N–H and O–H groups in total. The number of aromatic nitrogens is 3. The number of nitrogens with zero attached hydrogens (tertiary/aromatic N) is 3. The van der Waals surface area contributed by atoms with Gasteiger partial charge in [-0.05, 0) is 45.2 Å². The Morgan fingerprint density at radius 1 is 1.33 bits per heavy atom. The number of hydrogen-bond donors (Lipinski definition) is 1. The van der Waals surface area contributed by atoms with Gasteiger partial charge in [0.1, 0.15) is 11.3 Å². The van der Waals surface area contributed by atoms with Crippen molar-refractivity contribution in [3.63, 3.8) is 0 Å². The summed E-state index contributed by atoms with van der Waals surface area (Å²) in [5, 5.41) is 3.19. The van der Waals surface area contributed by atoms with Crippen molar-refractivity contribution >= 4 is 17.1 Å². The van der Waals surface area contributed by atoms with Gasteiger partial charge in [-0.25, -0.2) is 9.97 Å². The fraction of sp³-hybridized carbons (Fsp3) is 0.632. The summed E-state index contributed by atoms with van der Waals surface area (Å²) in [6.45, 7) is 4.30. The summed E-state index contributed by atoms with van der Waals surface area (Å²) >= 11 is 0. The van der Waals surface area contributed by atoms with E-state index in [-0.39, 0.29) is 5.91 Å². The summed E-state index contributed by atoms with van der Waals surface area (Å²) < 4.78 is 2.19. The van der Waals surface area contributed by atoms with Crippen LogP contribution in [0.3, 0.4) is 0 Å². The molecule has 1 fully saturated rings. The monoisotopic (exact) mass is 328 g/mol. The molecule has 0 bridgehead atoms. The number of carbonyl (C=O) groups excluding carboxylic acids is 1. The summed E-state index contributed by atoms with van der Waals surface area (Å²) in [7, 11) is 0. The number of hydrogen-bond acceptors (Lipinski definition) is 3. The maximum Gasteiger partial charge on any atom is 0.220 e. The highest BCUT2D eigenvalue weighted by molar-refractivity contribution is 5.76. The fourth-order valence-electron chi connectivity index (χ4n) is 3.65. The van der Waals surface area contributed by atoms with Crippen LogP contribution in [0.25, 0.3) is 11.2 Å². The van der Waals surface area contributed by atoms with Crippen LogP contribution in [0.5, 0.6) is 0 Å². The molecule has 0 spiro atoms. The molecule has 5 heteroatoms. The van der Waals surface area contributed by atoms with Crippen molar-refractivity contribution in [2.75, 3.05) is 0 Å². The Bertz CT molecular complexity index is 686. The van der Waals surface area contributed by atoms with Gasteiger partial charge in [0.25, 0.3) is 0 Å². The molecule has 0 unspecified atom stereocenters. The molecule has 1 aliphatic rings. The lowest BCUT2D eigenvalue weighted by atomic mass is 9.95. The Labute approximate surface area is 143 Å². The number of carbonyl (C=O) groups is 1. The highest BCUT2D eigenvalue weighted by Crippen LogP contribution is 2.21. The minimum atomic E-state index is 0.187. The van der Waals surface area contributed by atoms with Crippen molar-refractivity contribution in [1.29, 1.82) is 0 Å². The van der Waals surface area contributed by atoms with Gasteiger partial charge in [-0.1, -0.05) is 19.3 Å². The quantitative estimate of drug-likeness (QED) is 0.878. The third-order valence-electron chi connectivity index (χ3n) is 4.81. The van der Waals surface area contributed by atoms with Crippen LogP contribution in [0, 0.1) is 0 Å². The standard InChI is InChI=1S/C19H28N4O/c1-14(2)23-17(22-16-10-7-13-20-19(16)23)11-6-12-18(24)21-15-8-4-3-5-9-15/h7,10,13-15H,3-6,8-9,11-12H2,1-2H3,(H,21,24). The molecule has 2 aromatic heterocycles. The van der Waals surface area contributed by atoms with Crippen LogP contribution in [0.2, 0.25) is 0 Å². The first-order valence-corrected chi connectivity index (χ1v) is 9.26. The predicted octanol–water partition coefficient (Wildman–Crippen LogP) is 3.78. The van der Waals surface area contributed by atoms with Gasteiger partial charge in [0, 0.05) is 31.1 Å². The summed E-state index contributed by atoms with van der Waals surface area (Å²) in [6, 6.07) is 4.63. The summed E-state index contributed by atoms with van der Waals surface area (Å²) in [4.78, 5) is 21.3. The number of pyridine rings is 1. The SMILES string of the molecule is CC(C)n1c(CCCC(=O)NC2CCCCC2)nc2cccnc21. The van der Waals surface area contributed by atoms with Gasteiger partial charge in [0.05, 0.1) is 0 Å². The average Bonchev–Trinajstić information content (AvgIpc) is 2.94. The van der Waals surface area contributed by atoms with Crippen LogP contribution in [0.1, 0.15) is 70.7 Å². The Morgan fingerprint density at radius 2 is 2.12 bits per heavy atom. The van der Waals surface area contributed by atoms with Crippen molar-refractivity contribution < 1.29 is 4.79 Å². The lowest BCUT2D eigenvalue weighted by molar-refractivity contribution is -0.122. The molecule has 1 amide bonds. The van der Waals surface area contributed by atoms with Gasteiger partial charge in [-0.15, -0.1) is 0 Å². The van der Waals surface area contributed by atoms with Crippen LogP contribution in [0.4, 0.5) is 0 Å². The molecule has 0 saturated heterocycles. The maximum atomic E-state index is 12.1. The molecule has 1 saturated carbocycles. The van der Waals surface area contributed by atoms with Gasteiger partial charge in [0.2, 0.25) is 5.91 Å². The number of aryl methyl sites for hydroxylation is 1. The lowest BCUT2D eigenvalue weighted by Crippen LogP contribution is -2.36. The van der Waals surface area contributed by atoms with Gasteiger partial charge >= 0.3 is 0 Å². The topological polar surface area (TPSA) is 59.8 Å². The van der Waals surface area contributed by atoms with Crippen molar-refractivity contribution in [3.05, 3.63) is 24.2 Å². The molecule has 2 aromatic rings. The van der Waals surface area contributed by atoms with Crippen molar-refractivity contribution in [3.8, 4) is 0 Å². The van der Waals surface area contributed by atoms with Crippen LogP contribution in [-0.4, -0.2) is 26.5 Å². The Morgan fingerprint density at radius 3 is 2.88 bits per heavy atom. The minimum Gasteiger partial charge on any atom is -0.353 e. The first-order chi connectivity index (χ1) is 11.6. The van der Waals surface area contributed by atoms with E-state index in [0.29, 0.717) is 18.5 Å². The average molecular weight is 328 g/mol. The molecular weight excluding hydrogens is 300 g/mol. The van der Waals surface area contributed by atoms with Crippen LogP contribution >= 0.6 is 0 Å². The number of rotatable bonds is 6. The van der Waals surface area contributed by atoms with Crippen molar-refractivity contribution in [2.45, 2.75) is 77.3 Å². The molecule has 2 heterocycles. The smallest absolute Gasteiger partial charge is 0.220 e. The molecule has 3 rings (SSSR count). The summed E-state index contributed by atoms with van der Waals surface area (Å²) in [5.74, 6) is 1.22. The highest BCUT2D eigenvalue weighted by atomic mass is 16.1. The third-order valence-corrected chi connectivity index (χ3v) is 4.81. The molecule has 1 aliphatic carbocycles. The number of amides is 1. The van der Waals surface area contributed by atoms with Gasteiger partial charge in [0.15, 0.2) is 5.65 Å². The van der Waals surface area contributed by atoms with Crippen molar-refractivity contribution in [1.82, 2.24) is 19.9 Å². The normalized spacial score (nSPS) is 16.0. The molecule has 24 heavy (non-hydrogen) atoms.